The van der Waals surface area contributed by atoms with Gasteiger partial charge in [0.2, 0.25) is 0 Å². The van der Waals surface area contributed by atoms with Crippen molar-refractivity contribution in [1.29, 1.82) is 0 Å². The van der Waals surface area contributed by atoms with Crippen LogP contribution >= 0.6 is 0 Å². The van der Waals surface area contributed by atoms with Crippen LogP contribution in [0, 0.1) is 5.92 Å². The average molecular weight is 204 g/mol. The van der Waals surface area contributed by atoms with Crippen molar-refractivity contribution in [3.63, 3.8) is 0 Å². The zero-order chi connectivity index (χ0) is 10.7. The molecule has 15 heavy (non-hydrogen) atoms. The van der Waals surface area contributed by atoms with E-state index in [1.165, 1.54) is 18.7 Å². The molecule has 1 aliphatic rings. The molecule has 1 fully saturated rings. The largest absolute Gasteiger partial charge is 0.330 e. The van der Waals surface area contributed by atoms with Crippen LogP contribution in [0.2, 0.25) is 0 Å². The van der Waals surface area contributed by atoms with Gasteiger partial charge in [-0.2, -0.15) is 0 Å². The third-order valence-corrected chi connectivity index (χ3v) is 3.20. The lowest BCUT2D eigenvalue weighted by atomic mass is 9.91. The monoisotopic (exact) mass is 204 g/mol. The number of likely N-dealkylation sites (tertiary alicyclic amines) is 1. The number of benzene rings is 1. The summed E-state index contributed by atoms with van der Waals surface area (Å²) < 4.78 is 0. The van der Waals surface area contributed by atoms with Crippen molar-refractivity contribution in [2.24, 2.45) is 11.7 Å². The third-order valence-electron chi connectivity index (χ3n) is 3.20. The lowest BCUT2D eigenvalue weighted by Gasteiger charge is -2.40. The van der Waals surface area contributed by atoms with Gasteiger partial charge in [-0.3, -0.25) is 0 Å². The first-order valence-electron chi connectivity index (χ1n) is 5.77. The fraction of sp³-hybridized carbons (Fsp3) is 0.538. The molecule has 0 aliphatic carbocycles. The highest BCUT2D eigenvalue weighted by atomic mass is 15.2. The number of nitrogens with two attached hydrogens (primary N) is 1. The van der Waals surface area contributed by atoms with Gasteiger partial charge in [-0.05, 0) is 18.0 Å². The molecular weight excluding hydrogens is 184 g/mol. The Hall–Kier alpha value is -0.860. The standard InChI is InChI=1S/C13H20N2/c1-11(7-14)8-15-9-13(10-15)12-5-3-2-4-6-12/h2-6,11,13H,7-10,14H2,1H3. The second-order valence-electron chi connectivity index (χ2n) is 4.67. The molecule has 0 radical (unpaired) electrons. The smallest absolute Gasteiger partial charge is 0.00936 e. The van der Waals surface area contributed by atoms with Crippen LogP contribution in [0.5, 0.6) is 0 Å². The Labute approximate surface area is 92.1 Å². The zero-order valence-electron chi connectivity index (χ0n) is 9.39. The molecule has 2 heteroatoms. The average Bonchev–Trinajstić information content (AvgIpc) is 2.23. The number of nitrogens with zero attached hydrogens (tertiary/aromatic N) is 1. The highest BCUT2D eigenvalue weighted by Crippen LogP contribution is 2.26. The van der Waals surface area contributed by atoms with Gasteiger partial charge in [-0.1, -0.05) is 37.3 Å². The minimum Gasteiger partial charge on any atom is -0.330 e. The summed E-state index contributed by atoms with van der Waals surface area (Å²) >= 11 is 0. The summed E-state index contributed by atoms with van der Waals surface area (Å²) in [5, 5.41) is 0. The highest BCUT2D eigenvalue weighted by Gasteiger charge is 2.28. The van der Waals surface area contributed by atoms with E-state index in [2.05, 4.69) is 42.2 Å². The molecule has 82 valence electrons. The maximum absolute atomic E-state index is 5.62. The van der Waals surface area contributed by atoms with Crippen LogP contribution in [0.4, 0.5) is 0 Å². The first-order valence-corrected chi connectivity index (χ1v) is 5.77. The predicted octanol–water partition coefficient (Wildman–Crippen LogP) is 1.68. The van der Waals surface area contributed by atoms with E-state index < -0.39 is 0 Å². The van der Waals surface area contributed by atoms with Crippen molar-refractivity contribution >= 4 is 0 Å². The van der Waals surface area contributed by atoms with Crippen LogP contribution in [-0.2, 0) is 0 Å². The molecule has 1 aromatic rings. The minimum absolute atomic E-state index is 0.627. The van der Waals surface area contributed by atoms with Gasteiger partial charge in [0.05, 0.1) is 0 Å². The van der Waals surface area contributed by atoms with Gasteiger partial charge < -0.3 is 10.6 Å². The normalized spacial score (nSPS) is 19.9. The second kappa shape index (κ2) is 4.77. The van der Waals surface area contributed by atoms with Crippen molar-refractivity contribution in [2.75, 3.05) is 26.2 Å². The Balaban J connectivity index is 1.79. The molecule has 0 bridgehead atoms. The second-order valence-corrected chi connectivity index (χ2v) is 4.67. The van der Waals surface area contributed by atoms with E-state index in [-0.39, 0.29) is 0 Å². The molecule has 2 nitrogen and oxygen atoms in total. The Morgan fingerprint density at radius 3 is 2.60 bits per heavy atom. The molecule has 1 aliphatic heterocycles. The molecule has 2 N–H and O–H groups in total. The molecule has 0 aromatic heterocycles. The van der Waals surface area contributed by atoms with Crippen LogP contribution < -0.4 is 5.73 Å². The maximum atomic E-state index is 5.62. The fourth-order valence-corrected chi connectivity index (χ4v) is 2.17. The quantitative estimate of drug-likeness (QED) is 0.808. The molecule has 1 atom stereocenters. The van der Waals surface area contributed by atoms with Crippen LogP contribution in [-0.4, -0.2) is 31.1 Å². The van der Waals surface area contributed by atoms with Crippen LogP contribution in [0.15, 0.2) is 30.3 Å². The van der Waals surface area contributed by atoms with Crippen LogP contribution in [0.3, 0.4) is 0 Å². The lowest BCUT2D eigenvalue weighted by molar-refractivity contribution is 0.129. The van der Waals surface area contributed by atoms with E-state index in [0.717, 1.165) is 19.0 Å². The van der Waals surface area contributed by atoms with E-state index in [4.69, 9.17) is 5.73 Å². The van der Waals surface area contributed by atoms with Crippen LogP contribution in [0.25, 0.3) is 0 Å². The Morgan fingerprint density at radius 1 is 1.33 bits per heavy atom. The Morgan fingerprint density at radius 2 is 2.00 bits per heavy atom. The van der Waals surface area contributed by atoms with Gasteiger partial charge in [-0.15, -0.1) is 0 Å². The summed E-state index contributed by atoms with van der Waals surface area (Å²) in [7, 11) is 0. The summed E-state index contributed by atoms with van der Waals surface area (Å²) in [5.41, 5.74) is 7.10. The van der Waals surface area contributed by atoms with E-state index in [1.807, 2.05) is 0 Å². The van der Waals surface area contributed by atoms with Crippen molar-refractivity contribution < 1.29 is 0 Å². The number of hydrogen-bond acceptors (Lipinski definition) is 2. The van der Waals surface area contributed by atoms with Gasteiger partial charge in [0, 0.05) is 25.6 Å². The molecule has 0 saturated carbocycles. The highest BCUT2D eigenvalue weighted by molar-refractivity contribution is 5.22. The first kappa shape index (κ1) is 10.7. The van der Waals surface area contributed by atoms with Gasteiger partial charge in [-0.25, -0.2) is 0 Å². The Kier molecular flexibility index (Phi) is 3.39. The summed E-state index contributed by atoms with van der Waals surface area (Å²) in [5.74, 6) is 1.37. The van der Waals surface area contributed by atoms with E-state index in [0.29, 0.717) is 5.92 Å². The van der Waals surface area contributed by atoms with Gasteiger partial charge in [0.25, 0.3) is 0 Å². The van der Waals surface area contributed by atoms with Crippen LogP contribution in [0.1, 0.15) is 18.4 Å². The lowest BCUT2D eigenvalue weighted by Crippen LogP contribution is -2.47. The molecule has 1 aromatic carbocycles. The fourth-order valence-electron chi connectivity index (χ4n) is 2.17. The summed E-state index contributed by atoms with van der Waals surface area (Å²) in [6, 6.07) is 10.8. The Bertz CT molecular complexity index is 291. The van der Waals surface area contributed by atoms with E-state index in [1.54, 1.807) is 0 Å². The predicted molar refractivity (Wildman–Crippen MR) is 63.8 cm³/mol. The first-order chi connectivity index (χ1) is 7.29. The molecule has 2 rings (SSSR count). The molecular formula is C13H20N2. The van der Waals surface area contributed by atoms with Gasteiger partial charge in [0.1, 0.15) is 0 Å². The van der Waals surface area contributed by atoms with Gasteiger partial charge >= 0.3 is 0 Å². The maximum Gasteiger partial charge on any atom is 0.00936 e. The third kappa shape index (κ3) is 2.58. The SMILES string of the molecule is CC(CN)CN1CC(c2ccccc2)C1. The molecule has 0 amide bonds. The topological polar surface area (TPSA) is 29.3 Å². The van der Waals surface area contributed by atoms with Crippen molar-refractivity contribution in [2.45, 2.75) is 12.8 Å². The molecule has 0 spiro atoms. The molecule has 1 unspecified atom stereocenters. The summed E-state index contributed by atoms with van der Waals surface area (Å²) in [4.78, 5) is 2.50. The van der Waals surface area contributed by atoms with E-state index >= 15 is 0 Å². The van der Waals surface area contributed by atoms with Crippen molar-refractivity contribution in [3.8, 4) is 0 Å². The zero-order valence-corrected chi connectivity index (χ0v) is 9.39. The summed E-state index contributed by atoms with van der Waals surface area (Å²) in [6.45, 7) is 6.57. The van der Waals surface area contributed by atoms with E-state index in [9.17, 15) is 0 Å². The molecule has 1 heterocycles. The minimum atomic E-state index is 0.627. The number of hydrogen-bond donors (Lipinski definition) is 1. The molecule has 1 saturated heterocycles. The summed E-state index contributed by atoms with van der Waals surface area (Å²) in [6.07, 6.45) is 0. The number of rotatable bonds is 4. The van der Waals surface area contributed by atoms with Crippen molar-refractivity contribution in [1.82, 2.24) is 4.90 Å². The van der Waals surface area contributed by atoms with Crippen molar-refractivity contribution in [3.05, 3.63) is 35.9 Å². The van der Waals surface area contributed by atoms with Gasteiger partial charge in [0.15, 0.2) is 0 Å².